The third-order valence-electron chi connectivity index (χ3n) is 7.37. The Bertz CT molecular complexity index is 1750. The Morgan fingerprint density at radius 1 is 1.00 bits per heavy atom. The maximum Gasteiger partial charge on any atom is 0.416 e. The van der Waals surface area contributed by atoms with Crippen LogP contribution in [-0.2, 0) is 12.6 Å². The van der Waals surface area contributed by atoms with Crippen LogP contribution >= 0.6 is 11.8 Å². The molecule has 0 N–H and O–H groups in total. The molecule has 212 valence electrons. The normalized spacial score (nSPS) is 14.7. The molecule has 0 bridgehead atoms. The van der Waals surface area contributed by atoms with Crippen LogP contribution in [0.15, 0.2) is 70.5 Å². The number of methoxy groups -OCH3 is 1. The Hall–Kier alpha value is -3.92. The second-order valence-electron chi connectivity index (χ2n) is 9.73. The van der Waals surface area contributed by atoms with Gasteiger partial charge in [0.05, 0.1) is 23.3 Å². The van der Waals surface area contributed by atoms with Crippen molar-refractivity contribution >= 4 is 17.5 Å². The average molecular weight is 586 g/mol. The smallest absolute Gasteiger partial charge is 0.416 e. The fourth-order valence-corrected chi connectivity index (χ4v) is 6.66. The van der Waals surface area contributed by atoms with Crippen molar-refractivity contribution in [3.63, 3.8) is 0 Å². The topological polar surface area (TPSA) is 48.3 Å². The number of pyridine rings is 1. The Morgan fingerprint density at radius 3 is 2.39 bits per heavy atom. The third-order valence-corrected chi connectivity index (χ3v) is 8.57. The zero-order chi connectivity index (χ0) is 29.6. The molecule has 0 radical (unpaired) electrons. The molecular weight excluding hydrogens is 561 g/mol. The van der Waals surface area contributed by atoms with Gasteiger partial charge in [-0.3, -0.25) is 14.2 Å². The van der Waals surface area contributed by atoms with Crippen LogP contribution in [0.3, 0.4) is 0 Å². The van der Waals surface area contributed by atoms with Crippen molar-refractivity contribution in [3.8, 4) is 16.9 Å². The molecule has 1 aliphatic heterocycles. The molecule has 1 aromatic heterocycles. The van der Waals surface area contributed by atoms with Gasteiger partial charge in [0.25, 0.3) is 5.56 Å². The standard InChI is InChI=1S/C31H24F5NO3S/c1-16-8-4-5-9-18(16)28(38)24-15-41-30-20(14-21-22(31(34,35)36)11-7-12-23(21)32)17(2)26(29(39)37(24)30)19-10-6-13-25(40-3)27(19)33/h4-13,24H,14-15H2,1-3H3. The number of ether oxygens (including phenoxy) is 1. The van der Waals surface area contributed by atoms with E-state index in [1.807, 2.05) is 0 Å². The van der Waals surface area contributed by atoms with Crippen LogP contribution in [0.1, 0.15) is 44.2 Å². The zero-order valence-electron chi connectivity index (χ0n) is 22.2. The van der Waals surface area contributed by atoms with Gasteiger partial charge in [0.2, 0.25) is 0 Å². The van der Waals surface area contributed by atoms with Gasteiger partial charge in [-0.15, -0.1) is 11.8 Å². The van der Waals surface area contributed by atoms with Crippen molar-refractivity contribution in [2.45, 2.75) is 37.5 Å². The lowest BCUT2D eigenvalue weighted by Gasteiger charge is -2.22. The summed E-state index contributed by atoms with van der Waals surface area (Å²) in [5.74, 6) is -2.26. The molecule has 0 fully saturated rings. The molecule has 0 aliphatic carbocycles. The highest BCUT2D eigenvalue weighted by Gasteiger charge is 2.38. The lowest BCUT2D eigenvalue weighted by molar-refractivity contribution is -0.138. The van der Waals surface area contributed by atoms with Crippen molar-refractivity contribution in [3.05, 3.63) is 116 Å². The van der Waals surface area contributed by atoms with E-state index >= 15 is 4.39 Å². The number of aromatic nitrogens is 1. The molecule has 1 aliphatic rings. The number of nitrogens with zero attached hydrogens (tertiary/aromatic N) is 1. The number of fused-ring (bicyclic) bond motifs is 1. The van der Waals surface area contributed by atoms with Crippen LogP contribution < -0.4 is 10.3 Å². The van der Waals surface area contributed by atoms with E-state index in [2.05, 4.69) is 0 Å². The van der Waals surface area contributed by atoms with Gasteiger partial charge >= 0.3 is 6.18 Å². The fourth-order valence-electron chi connectivity index (χ4n) is 5.29. The minimum Gasteiger partial charge on any atom is -0.494 e. The number of Topliss-reactive ketones (excluding diaryl/α,β-unsaturated/α-hetero) is 1. The lowest BCUT2D eigenvalue weighted by atomic mass is 9.92. The Balaban J connectivity index is 1.80. The highest BCUT2D eigenvalue weighted by atomic mass is 32.2. The lowest BCUT2D eigenvalue weighted by Crippen LogP contribution is -2.32. The number of alkyl halides is 3. The van der Waals surface area contributed by atoms with Crippen LogP contribution in [0, 0.1) is 25.5 Å². The van der Waals surface area contributed by atoms with Gasteiger partial charge in [-0.05, 0) is 48.7 Å². The van der Waals surface area contributed by atoms with Crippen molar-refractivity contribution in [1.29, 1.82) is 0 Å². The van der Waals surface area contributed by atoms with Crippen LogP contribution in [0.2, 0.25) is 0 Å². The van der Waals surface area contributed by atoms with E-state index in [4.69, 9.17) is 4.74 Å². The van der Waals surface area contributed by atoms with Gasteiger partial charge in [0.15, 0.2) is 17.3 Å². The predicted molar refractivity (Wildman–Crippen MR) is 147 cm³/mol. The molecule has 1 atom stereocenters. The van der Waals surface area contributed by atoms with E-state index in [0.717, 1.165) is 30.0 Å². The van der Waals surface area contributed by atoms with E-state index in [1.165, 1.54) is 36.8 Å². The van der Waals surface area contributed by atoms with E-state index in [-0.39, 0.29) is 44.6 Å². The summed E-state index contributed by atoms with van der Waals surface area (Å²) in [6.45, 7) is 3.25. The first-order chi connectivity index (χ1) is 19.5. The number of rotatable bonds is 6. The summed E-state index contributed by atoms with van der Waals surface area (Å²) in [6, 6.07) is 12.8. The molecule has 0 saturated heterocycles. The summed E-state index contributed by atoms with van der Waals surface area (Å²) < 4.78 is 78.6. The highest BCUT2D eigenvalue weighted by molar-refractivity contribution is 7.99. The molecule has 4 aromatic rings. The Labute approximate surface area is 236 Å². The largest absolute Gasteiger partial charge is 0.494 e. The number of halogens is 5. The van der Waals surface area contributed by atoms with Crippen LogP contribution in [0.4, 0.5) is 22.0 Å². The predicted octanol–water partition coefficient (Wildman–Crippen LogP) is 7.56. The zero-order valence-corrected chi connectivity index (χ0v) is 23.1. The van der Waals surface area contributed by atoms with Gasteiger partial charge in [0, 0.05) is 28.9 Å². The maximum absolute atomic E-state index is 15.5. The number of carbonyl (C=O) groups is 1. The molecule has 2 heterocycles. The number of ketones is 1. The van der Waals surface area contributed by atoms with Gasteiger partial charge in [-0.25, -0.2) is 8.78 Å². The van der Waals surface area contributed by atoms with Gasteiger partial charge in [0.1, 0.15) is 11.9 Å². The van der Waals surface area contributed by atoms with Gasteiger partial charge < -0.3 is 4.74 Å². The number of hydrogen-bond acceptors (Lipinski definition) is 4. The van der Waals surface area contributed by atoms with Gasteiger partial charge in [-0.2, -0.15) is 13.2 Å². The van der Waals surface area contributed by atoms with Crippen LogP contribution in [0.25, 0.3) is 11.1 Å². The molecule has 4 nitrogen and oxygen atoms in total. The first-order valence-electron chi connectivity index (χ1n) is 12.6. The summed E-state index contributed by atoms with van der Waals surface area (Å²) in [4.78, 5) is 27.8. The van der Waals surface area contributed by atoms with Crippen molar-refractivity contribution in [1.82, 2.24) is 4.57 Å². The maximum atomic E-state index is 15.5. The van der Waals surface area contributed by atoms with Gasteiger partial charge in [-0.1, -0.05) is 42.5 Å². The van der Waals surface area contributed by atoms with E-state index in [1.54, 1.807) is 31.2 Å². The molecule has 0 spiro atoms. The second-order valence-corrected chi connectivity index (χ2v) is 10.7. The first-order valence-corrected chi connectivity index (χ1v) is 13.6. The summed E-state index contributed by atoms with van der Waals surface area (Å²) in [5.41, 5.74) is -1.19. The van der Waals surface area contributed by atoms with Crippen LogP contribution in [0.5, 0.6) is 5.75 Å². The second kappa shape index (κ2) is 10.8. The number of aryl methyl sites for hydroxylation is 1. The molecule has 0 saturated carbocycles. The van der Waals surface area contributed by atoms with E-state index in [0.29, 0.717) is 11.1 Å². The summed E-state index contributed by atoms with van der Waals surface area (Å²) in [6.07, 6.45) is -5.36. The number of benzene rings is 3. The molecular formula is C31H24F5NO3S. The number of thioether (sulfide) groups is 1. The molecule has 41 heavy (non-hydrogen) atoms. The SMILES string of the molecule is COc1cccc(-c2c(C)c(Cc3c(F)cccc3C(F)(F)F)c3n(c2=O)C(C(=O)c2ccccc2C)CS3)c1F. The Morgan fingerprint density at radius 2 is 1.71 bits per heavy atom. The van der Waals surface area contributed by atoms with E-state index < -0.39 is 47.0 Å². The first kappa shape index (κ1) is 28.6. The molecule has 1 unspecified atom stereocenters. The van der Waals surface area contributed by atoms with Crippen molar-refractivity contribution < 1.29 is 31.5 Å². The van der Waals surface area contributed by atoms with Crippen molar-refractivity contribution in [2.24, 2.45) is 0 Å². The summed E-state index contributed by atoms with van der Waals surface area (Å²) in [7, 11) is 1.26. The Kier molecular flexibility index (Phi) is 7.54. The summed E-state index contributed by atoms with van der Waals surface area (Å²) in [5, 5.41) is 0.253. The summed E-state index contributed by atoms with van der Waals surface area (Å²) >= 11 is 1.13. The van der Waals surface area contributed by atoms with Crippen molar-refractivity contribution in [2.75, 3.05) is 12.9 Å². The van der Waals surface area contributed by atoms with Crippen LogP contribution in [-0.4, -0.2) is 23.2 Å². The van der Waals surface area contributed by atoms with E-state index in [9.17, 15) is 27.2 Å². The number of hydrogen-bond donors (Lipinski definition) is 0. The fraction of sp³-hybridized carbons (Fsp3) is 0.226. The number of carbonyl (C=O) groups excluding carboxylic acids is 1. The monoisotopic (exact) mass is 585 g/mol. The molecule has 0 amide bonds. The molecule has 10 heteroatoms. The highest BCUT2D eigenvalue weighted by Crippen LogP contribution is 2.43. The molecule has 3 aromatic carbocycles. The quantitative estimate of drug-likeness (QED) is 0.173. The molecule has 5 rings (SSSR count). The third kappa shape index (κ3) is 4.94. The average Bonchev–Trinajstić information content (AvgIpc) is 3.37. The minimum atomic E-state index is -4.83. The minimum absolute atomic E-state index is 0.127.